The molecular weight excluding hydrogens is 583 g/mol. The molecule has 0 bridgehead atoms. The Kier molecular flexibility index (Phi) is 12.1. The number of hydrogen-bond donors (Lipinski definition) is 0. The van der Waals surface area contributed by atoms with E-state index in [1.807, 2.05) is 0 Å². The monoisotopic (exact) mass is 634 g/mol. The van der Waals surface area contributed by atoms with Crippen LogP contribution in [-0.4, -0.2) is 41.5 Å². The maximum Gasteiger partial charge on any atom is 0.453 e. The normalized spacial score (nSPS) is 32.5. The minimum atomic E-state index is -5.45. The van der Waals surface area contributed by atoms with Gasteiger partial charge in [-0.2, -0.15) is 33.7 Å². The average Bonchev–Trinajstić information content (AvgIpc) is 3.25. The number of unbranched alkanes of at least 4 members (excludes halogenated alkanes) is 6. The van der Waals surface area contributed by atoms with Crippen LogP contribution in [0.25, 0.3) is 0 Å². The summed E-state index contributed by atoms with van der Waals surface area (Å²) in [6.45, 7) is 3.89. The van der Waals surface area contributed by atoms with Crippen LogP contribution in [0.5, 0.6) is 0 Å². The number of carbonyl (C=O) groups excluding carboxylic acids is 2. The summed E-state index contributed by atoms with van der Waals surface area (Å²) in [6.07, 6.45) is 11.5. The summed E-state index contributed by atoms with van der Waals surface area (Å²) < 4.78 is 68.4. The van der Waals surface area contributed by atoms with Crippen molar-refractivity contribution in [2.45, 2.75) is 141 Å². The van der Waals surface area contributed by atoms with Gasteiger partial charge in [-0.15, -0.1) is 0 Å². The van der Waals surface area contributed by atoms with Gasteiger partial charge in [0.25, 0.3) is 0 Å². The van der Waals surface area contributed by atoms with Gasteiger partial charge in [-0.3, -0.25) is 9.59 Å². The van der Waals surface area contributed by atoms with Gasteiger partial charge in [-0.25, -0.2) is 0 Å². The van der Waals surface area contributed by atoms with Crippen LogP contribution in [0.1, 0.15) is 123 Å². The van der Waals surface area contributed by atoms with E-state index in [4.69, 9.17) is 4.74 Å². The zero-order valence-electron chi connectivity index (χ0n) is 26.0. The highest BCUT2D eigenvalue weighted by Crippen LogP contribution is 2.63. The molecule has 4 aliphatic carbocycles. The average molecular weight is 635 g/mol. The van der Waals surface area contributed by atoms with Gasteiger partial charge < -0.3 is 4.74 Å². The molecule has 0 saturated heterocycles. The van der Waals surface area contributed by atoms with Crippen molar-refractivity contribution in [3.05, 3.63) is 11.6 Å². The van der Waals surface area contributed by atoms with Crippen molar-refractivity contribution in [3.63, 3.8) is 0 Å². The molecule has 7 atom stereocenters. The first-order valence-electron chi connectivity index (χ1n) is 16.8. The van der Waals surface area contributed by atoms with E-state index < -0.39 is 18.5 Å². The zero-order chi connectivity index (χ0) is 31.3. The lowest BCUT2D eigenvalue weighted by Crippen LogP contribution is -2.50. The lowest BCUT2D eigenvalue weighted by Gasteiger charge is -2.55. The second kappa shape index (κ2) is 15.0. The third kappa shape index (κ3) is 8.58. The molecule has 3 fully saturated rings. The van der Waals surface area contributed by atoms with Crippen molar-refractivity contribution in [1.29, 1.82) is 0 Å². The van der Waals surface area contributed by atoms with Crippen molar-refractivity contribution < 1.29 is 36.3 Å². The molecule has 0 spiro atoms. The highest BCUT2D eigenvalue weighted by molar-refractivity contribution is 7.99. The van der Waals surface area contributed by atoms with E-state index >= 15 is 0 Å². The number of esters is 1. The largest absolute Gasteiger partial charge is 0.462 e. The van der Waals surface area contributed by atoms with E-state index in [2.05, 4.69) is 13.0 Å². The third-order valence-corrected chi connectivity index (χ3v) is 12.3. The molecule has 0 radical (unpaired) electrons. The first-order valence-corrected chi connectivity index (χ1v) is 17.9. The number of allylic oxidation sites excluding steroid dienone is 2. The second-order valence-corrected chi connectivity index (χ2v) is 15.2. The van der Waals surface area contributed by atoms with Crippen molar-refractivity contribution in [2.75, 3.05) is 11.5 Å². The van der Waals surface area contributed by atoms with Crippen LogP contribution in [-0.2, 0) is 14.3 Å². The number of rotatable bonds is 15. The zero-order valence-corrected chi connectivity index (χ0v) is 26.8. The van der Waals surface area contributed by atoms with Crippen LogP contribution in [0.2, 0.25) is 0 Å². The Hall–Kier alpha value is -1.12. The second-order valence-electron chi connectivity index (χ2n) is 14.0. The fourth-order valence-electron chi connectivity index (χ4n) is 9.05. The highest BCUT2D eigenvalue weighted by atomic mass is 32.2. The van der Waals surface area contributed by atoms with Crippen LogP contribution in [0.4, 0.5) is 22.0 Å². The lowest BCUT2D eigenvalue weighted by molar-refractivity contribution is -0.284. The SMILES string of the molecule is CC(=O)O[C@H]1CCC2C3C(CCCCCCCCCSCCCC(F)(F)C(F)(F)F)C=C4CC(=O)CCC4C3CC[C@@]21C. The van der Waals surface area contributed by atoms with Gasteiger partial charge in [-0.05, 0) is 92.5 Å². The molecule has 0 aromatic heterocycles. The van der Waals surface area contributed by atoms with Crippen LogP contribution in [0.15, 0.2) is 11.6 Å². The number of Topliss-reactive ketones (excluding diaryl/α,β-unsaturated/α-hetero) is 1. The maximum atomic E-state index is 12.9. The van der Waals surface area contributed by atoms with Crippen LogP contribution >= 0.6 is 11.8 Å². The molecule has 246 valence electrons. The van der Waals surface area contributed by atoms with Gasteiger partial charge in [0.05, 0.1) is 0 Å². The number of ether oxygens (including phenoxy) is 1. The summed E-state index contributed by atoms with van der Waals surface area (Å²) in [5, 5.41) is 0. The van der Waals surface area contributed by atoms with Crippen molar-refractivity contribution >= 4 is 23.5 Å². The third-order valence-electron chi connectivity index (χ3n) is 11.2. The molecule has 43 heavy (non-hydrogen) atoms. The molecule has 4 rings (SSSR count). The fourth-order valence-corrected chi connectivity index (χ4v) is 10.0. The fraction of sp³-hybridized carbons (Fsp3) is 0.882. The molecule has 4 aliphatic rings. The molecule has 9 heteroatoms. The summed E-state index contributed by atoms with van der Waals surface area (Å²) in [4.78, 5) is 24.2. The minimum Gasteiger partial charge on any atom is -0.462 e. The Bertz CT molecular complexity index is 982. The Balaban J connectivity index is 1.17. The molecular formula is C34H51F5O3S. The molecule has 3 nitrogen and oxygen atoms in total. The summed E-state index contributed by atoms with van der Waals surface area (Å²) in [5.41, 5.74) is 1.46. The van der Waals surface area contributed by atoms with Gasteiger partial charge in [-0.1, -0.05) is 57.1 Å². The highest BCUT2D eigenvalue weighted by Gasteiger charge is 2.59. The van der Waals surface area contributed by atoms with E-state index in [0.29, 0.717) is 54.0 Å². The van der Waals surface area contributed by atoms with Gasteiger partial charge in [0.1, 0.15) is 11.9 Å². The topological polar surface area (TPSA) is 43.4 Å². The number of thioether (sulfide) groups is 1. The summed E-state index contributed by atoms with van der Waals surface area (Å²) in [6, 6.07) is 0. The standard InChI is InChI=1S/C34H51F5O3S/c1-23(40)42-30-15-14-29-31-24(21-25-22-26(41)12-13-27(25)28(31)16-18-32(29,30)2)11-8-6-4-3-5-7-9-19-43-20-10-17-33(35,36)34(37,38)39/h21,24,27-31H,3-20,22H2,1-2H3/t24?,27?,28?,29?,30-,31?,32-/m0/s1. The summed E-state index contributed by atoms with van der Waals surface area (Å²) in [7, 11) is 0. The van der Waals surface area contributed by atoms with E-state index in [1.165, 1.54) is 49.9 Å². The Morgan fingerprint density at radius 2 is 1.63 bits per heavy atom. The maximum absolute atomic E-state index is 12.9. The number of carbonyl (C=O) groups is 2. The van der Waals surface area contributed by atoms with E-state index in [9.17, 15) is 31.5 Å². The van der Waals surface area contributed by atoms with Crippen LogP contribution < -0.4 is 0 Å². The van der Waals surface area contributed by atoms with Crippen LogP contribution in [0.3, 0.4) is 0 Å². The molecule has 5 unspecified atom stereocenters. The Morgan fingerprint density at radius 1 is 0.953 bits per heavy atom. The van der Waals surface area contributed by atoms with Crippen molar-refractivity contribution in [2.24, 2.45) is 35.0 Å². The summed E-state index contributed by atoms with van der Waals surface area (Å²) >= 11 is 1.47. The van der Waals surface area contributed by atoms with Crippen molar-refractivity contribution in [1.82, 2.24) is 0 Å². The molecule has 3 saturated carbocycles. The molecule has 0 aliphatic heterocycles. The molecule has 0 N–H and O–H groups in total. The predicted octanol–water partition coefficient (Wildman–Crippen LogP) is 10.1. The molecule has 0 aromatic rings. The van der Waals surface area contributed by atoms with Crippen molar-refractivity contribution in [3.8, 4) is 0 Å². The molecule has 0 aromatic carbocycles. The van der Waals surface area contributed by atoms with Gasteiger partial charge in [0.2, 0.25) is 0 Å². The number of alkyl halides is 5. The smallest absolute Gasteiger partial charge is 0.453 e. The lowest BCUT2D eigenvalue weighted by atomic mass is 9.50. The van der Waals surface area contributed by atoms with E-state index in [1.54, 1.807) is 0 Å². The number of ketones is 1. The van der Waals surface area contributed by atoms with Gasteiger partial charge in [0, 0.05) is 31.6 Å². The predicted molar refractivity (Wildman–Crippen MR) is 161 cm³/mol. The number of halogens is 5. The van der Waals surface area contributed by atoms with E-state index in [-0.39, 0.29) is 23.9 Å². The minimum absolute atomic E-state index is 0.0208. The summed E-state index contributed by atoms with van der Waals surface area (Å²) in [5.74, 6) is -0.359. The van der Waals surface area contributed by atoms with E-state index in [0.717, 1.165) is 63.5 Å². The molecule has 0 amide bonds. The van der Waals surface area contributed by atoms with Gasteiger partial charge >= 0.3 is 18.1 Å². The first-order chi connectivity index (χ1) is 20.3. The van der Waals surface area contributed by atoms with Gasteiger partial charge in [0.15, 0.2) is 0 Å². The van der Waals surface area contributed by atoms with Crippen LogP contribution in [0, 0.1) is 35.0 Å². The first kappa shape index (κ1) is 34.7. The number of hydrogen-bond acceptors (Lipinski definition) is 4. The number of fused-ring (bicyclic) bond motifs is 5. The molecule has 0 heterocycles. The Morgan fingerprint density at radius 3 is 2.33 bits per heavy atom. The Labute approximate surface area is 258 Å². The quantitative estimate of drug-likeness (QED) is 0.0778.